The molecule has 4 rings (SSSR count). The van der Waals surface area contributed by atoms with Gasteiger partial charge in [-0.2, -0.15) is 5.10 Å². The number of rotatable bonds is 6. The molecule has 1 aliphatic rings. The summed E-state index contributed by atoms with van der Waals surface area (Å²) in [6.45, 7) is 2.85. The summed E-state index contributed by atoms with van der Waals surface area (Å²) < 4.78 is 1.64. The van der Waals surface area contributed by atoms with Gasteiger partial charge in [0.1, 0.15) is 5.82 Å². The molecule has 1 aliphatic heterocycles. The Kier molecular flexibility index (Phi) is 4.93. The number of carboxylic acids is 1. The van der Waals surface area contributed by atoms with E-state index < -0.39 is 5.97 Å². The number of benzene rings is 1. The summed E-state index contributed by atoms with van der Waals surface area (Å²) in [5.74, 6) is 0.519. The zero-order chi connectivity index (χ0) is 18.6. The molecule has 138 valence electrons. The molecule has 27 heavy (non-hydrogen) atoms. The summed E-state index contributed by atoms with van der Waals surface area (Å²) in [5.41, 5.74) is 1.90. The van der Waals surface area contributed by atoms with E-state index in [2.05, 4.69) is 20.0 Å². The first-order valence-electron chi connectivity index (χ1n) is 9.03. The van der Waals surface area contributed by atoms with E-state index in [4.69, 9.17) is 0 Å². The second kappa shape index (κ2) is 7.67. The number of para-hydroxylation sites is 1. The number of hydrogen-bond donors (Lipinski definition) is 1. The number of aromatic nitrogens is 4. The van der Waals surface area contributed by atoms with Crippen molar-refractivity contribution in [2.75, 3.05) is 13.1 Å². The van der Waals surface area contributed by atoms with E-state index in [9.17, 15) is 9.90 Å². The third-order valence-electron chi connectivity index (χ3n) is 4.88. The minimum atomic E-state index is -0.951. The molecule has 0 spiro atoms. The number of aromatic carboxylic acids is 1. The highest BCUT2D eigenvalue weighted by Gasteiger charge is 2.24. The monoisotopic (exact) mass is 363 g/mol. The Labute approximate surface area is 157 Å². The van der Waals surface area contributed by atoms with E-state index in [0.717, 1.165) is 43.9 Å². The molecule has 2 aromatic heterocycles. The van der Waals surface area contributed by atoms with Gasteiger partial charge in [-0.25, -0.2) is 19.4 Å². The highest BCUT2D eigenvalue weighted by molar-refractivity contribution is 5.91. The van der Waals surface area contributed by atoms with Crippen LogP contribution in [0.2, 0.25) is 0 Å². The van der Waals surface area contributed by atoms with Gasteiger partial charge in [0, 0.05) is 43.7 Å². The average molecular weight is 363 g/mol. The highest BCUT2D eigenvalue weighted by atomic mass is 16.4. The van der Waals surface area contributed by atoms with Gasteiger partial charge in [0.05, 0.1) is 17.4 Å². The summed E-state index contributed by atoms with van der Waals surface area (Å²) in [6, 6.07) is 8.74. The van der Waals surface area contributed by atoms with Gasteiger partial charge >= 0.3 is 5.97 Å². The van der Waals surface area contributed by atoms with E-state index in [1.165, 1.54) is 0 Å². The molecule has 1 saturated heterocycles. The number of likely N-dealkylation sites (tertiary alicyclic amines) is 1. The van der Waals surface area contributed by atoms with Crippen molar-refractivity contribution in [1.82, 2.24) is 24.6 Å². The Morgan fingerprint density at radius 2 is 2.00 bits per heavy atom. The van der Waals surface area contributed by atoms with Gasteiger partial charge in [-0.1, -0.05) is 12.1 Å². The van der Waals surface area contributed by atoms with Crippen LogP contribution in [0.1, 0.15) is 28.2 Å². The lowest BCUT2D eigenvalue weighted by Gasteiger charge is -2.14. The molecule has 1 fully saturated rings. The van der Waals surface area contributed by atoms with Crippen molar-refractivity contribution in [2.45, 2.75) is 19.4 Å². The van der Waals surface area contributed by atoms with E-state index in [0.29, 0.717) is 11.6 Å². The zero-order valence-corrected chi connectivity index (χ0v) is 14.9. The van der Waals surface area contributed by atoms with Crippen LogP contribution in [0.4, 0.5) is 0 Å². The molecule has 0 bridgehead atoms. The Hall–Kier alpha value is -3.06. The minimum Gasteiger partial charge on any atom is -0.478 e. The normalized spacial score (nSPS) is 17.3. The van der Waals surface area contributed by atoms with Crippen molar-refractivity contribution < 1.29 is 9.90 Å². The third-order valence-corrected chi connectivity index (χ3v) is 4.88. The van der Waals surface area contributed by atoms with E-state index in [1.54, 1.807) is 35.3 Å². The Morgan fingerprint density at radius 3 is 2.81 bits per heavy atom. The molecular formula is C20H21N5O2. The lowest BCUT2D eigenvalue weighted by Crippen LogP contribution is -2.20. The largest absolute Gasteiger partial charge is 0.478 e. The van der Waals surface area contributed by atoms with Crippen molar-refractivity contribution in [3.8, 4) is 5.69 Å². The third kappa shape index (κ3) is 4.03. The molecule has 1 aromatic carbocycles. The number of hydrogen-bond acceptors (Lipinski definition) is 5. The molecule has 3 heterocycles. The number of carbonyl (C=O) groups is 1. The van der Waals surface area contributed by atoms with Crippen molar-refractivity contribution in [3.63, 3.8) is 0 Å². The van der Waals surface area contributed by atoms with Crippen molar-refractivity contribution in [2.24, 2.45) is 5.92 Å². The second-order valence-corrected chi connectivity index (χ2v) is 6.87. The molecule has 0 radical (unpaired) electrons. The fraction of sp³-hybridized carbons (Fsp3) is 0.300. The first-order chi connectivity index (χ1) is 13.2. The predicted octanol–water partition coefficient (Wildman–Crippen LogP) is 2.43. The van der Waals surface area contributed by atoms with Gasteiger partial charge in [-0.15, -0.1) is 0 Å². The van der Waals surface area contributed by atoms with Crippen LogP contribution in [0.25, 0.3) is 5.69 Å². The summed E-state index contributed by atoms with van der Waals surface area (Å²) in [7, 11) is 0. The standard InChI is InChI=1S/C20H21N5O2/c26-20(27)17-4-1-2-5-18(17)25-14-16(11-23-25)13-24-9-6-15(12-24)10-19-21-7-3-8-22-19/h1-5,7-8,11,14-15H,6,9-10,12-13H2,(H,26,27)/t15-/m1/s1. The van der Waals surface area contributed by atoms with Crippen LogP contribution in [-0.4, -0.2) is 48.8 Å². The van der Waals surface area contributed by atoms with Crippen LogP contribution in [0, 0.1) is 5.92 Å². The van der Waals surface area contributed by atoms with Gasteiger partial charge in [0.25, 0.3) is 0 Å². The number of carboxylic acid groups (broad SMARTS) is 1. The van der Waals surface area contributed by atoms with Gasteiger partial charge in [0.2, 0.25) is 0 Å². The Morgan fingerprint density at radius 1 is 1.19 bits per heavy atom. The summed E-state index contributed by atoms with van der Waals surface area (Å²) in [4.78, 5) is 22.4. The zero-order valence-electron chi connectivity index (χ0n) is 14.9. The smallest absolute Gasteiger partial charge is 0.337 e. The molecule has 7 heteroatoms. The molecule has 0 saturated carbocycles. The molecule has 0 aliphatic carbocycles. The van der Waals surface area contributed by atoms with Crippen LogP contribution in [0.15, 0.2) is 55.1 Å². The van der Waals surface area contributed by atoms with Gasteiger partial charge in [-0.3, -0.25) is 4.90 Å². The van der Waals surface area contributed by atoms with E-state index in [-0.39, 0.29) is 5.56 Å². The van der Waals surface area contributed by atoms with E-state index in [1.807, 2.05) is 24.5 Å². The molecule has 1 N–H and O–H groups in total. The van der Waals surface area contributed by atoms with Crippen molar-refractivity contribution in [3.05, 3.63) is 72.1 Å². The fourth-order valence-corrected chi connectivity index (χ4v) is 3.60. The van der Waals surface area contributed by atoms with E-state index >= 15 is 0 Å². The second-order valence-electron chi connectivity index (χ2n) is 6.87. The predicted molar refractivity (Wildman–Crippen MR) is 99.6 cm³/mol. The summed E-state index contributed by atoms with van der Waals surface area (Å²) in [6.07, 6.45) is 9.34. The van der Waals surface area contributed by atoms with Crippen molar-refractivity contribution in [1.29, 1.82) is 0 Å². The quantitative estimate of drug-likeness (QED) is 0.724. The molecule has 0 amide bonds. The highest BCUT2D eigenvalue weighted by Crippen LogP contribution is 2.22. The molecule has 0 unspecified atom stereocenters. The first-order valence-corrected chi connectivity index (χ1v) is 9.03. The van der Waals surface area contributed by atoms with Crippen LogP contribution in [0.3, 0.4) is 0 Å². The van der Waals surface area contributed by atoms with Gasteiger partial charge in [0.15, 0.2) is 0 Å². The van der Waals surface area contributed by atoms with Crippen molar-refractivity contribution >= 4 is 5.97 Å². The maximum absolute atomic E-state index is 11.4. The molecular weight excluding hydrogens is 342 g/mol. The van der Waals surface area contributed by atoms with Gasteiger partial charge in [-0.05, 0) is 37.1 Å². The van der Waals surface area contributed by atoms with Crippen LogP contribution in [-0.2, 0) is 13.0 Å². The number of nitrogens with zero attached hydrogens (tertiary/aromatic N) is 5. The first kappa shape index (κ1) is 17.4. The maximum atomic E-state index is 11.4. The Balaban J connectivity index is 1.40. The topological polar surface area (TPSA) is 84.1 Å². The summed E-state index contributed by atoms with van der Waals surface area (Å²) in [5, 5.41) is 13.7. The maximum Gasteiger partial charge on any atom is 0.337 e. The molecule has 1 atom stereocenters. The van der Waals surface area contributed by atoms with Gasteiger partial charge < -0.3 is 5.11 Å². The molecule has 7 nitrogen and oxygen atoms in total. The lowest BCUT2D eigenvalue weighted by atomic mass is 10.0. The SMILES string of the molecule is O=C(O)c1ccccc1-n1cc(CN2CC[C@H](Cc3ncccn3)C2)cn1. The van der Waals surface area contributed by atoms with Crippen LogP contribution < -0.4 is 0 Å². The average Bonchev–Trinajstić information content (AvgIpc) is 3.32. The minimum absolute atomic E-state index is 0.247. The van der Waals surface area contributed by atoms with Crippen LogP contribution >= 0.6 is 0 Å². The summed E-state index contributed by atoms with van der Waals surface area (Å²) >= 11 is 0. The molecule has 3 aromatic rings. The lowest BCUT2D eigenvalue weighted by molar-refractivity contribution is 0.0696. The fourth-order valence-electron chi connectivity index (χ4n) is 3.60. The Bertz CT molecular complexity index is 925. The van der Waals surface area contributed by atoms with Crippen LogP contribution in [0.5, 0.6) is 0 Å².